The van der Waals surface area contributed by atoms with Crippen LogP contribution in [0.5, 0.6) is 0 Å². The quantitative estimate of drug-likeness (QED) is 0.418. The summed E-state index contributed by atoms with van der Waals surface area (Å²) in [7, 11) is 0. The number of anilines is 1. The third-order valence-electron chi connectivity index (χ3n) is 5.91. The molecule has 1 aliphatic heterocycles. The Morgan fingerprint density at radius 1 is 1.13 bits per heavy atom. The minimum atomic E-state index is 0.758. The van der Waals surface area contributed by atoms with Gasteiger partial charge in [-0.15, -0.1) is 0 Å². The maximum Gasteiger partial charge on any atom is 0.159 e. The number of nitrogens with zero attached hydrogens (tertiary/aromatic N) is 4. The molecular formula is C25H26N6. The fourth-order valence-corrected chi connectivity index (χ4v) is 4.30. The van der Waals surface area contributed by atoms with Crippen molar-refractivity contribution in [3.8, 4) is 11.5 Å². The summed E-state index contributed by atoms with van der Waals surface area (Å²) in [6.07, 6.45) is 15.4. The number of benzene rings is 1. The number of piperidine rings is 1. The molecule has 6 nitrogen and oxygen atoms in total. The number of rotatable bonds is 5. The van der Waals surface area contributed by atoms with Crippen molar-refractivity contribution in [3.63, 3.8) is 0 Å². The second kappa shape index (κ2) is 8.22. The normalized spacial score (nSPS) is 15.4. The molecule has 0 unspecified atom stereocenters. The van der Waals surface area contributed by atoms with Crippen LogP contribution >= 0.6 is 0 Å². The summed E-state index contributed by atoms with van der Waals surface area (Å²) in [5.41, 5.74) is 7.07. The van der Waals surface area contributed by atoms with Gasteiger partial charge in [0.25, 0.3) is 0 Å². The van der Waals surface area contributed by atoms with Crippen molar-refractivity contribution in [2.45, 2.75) is 26.2 Å². The van der Waals surface area contributed by atoms with Crippen LogP contribution in [0.15, 0.2) is 61.5 Å². The molecule has 5 rings (SSSR count). The first-order valence-electron chi connectivity index (χ1n) is 10.8. The molecule has 1 saturated heterocycles. The number of allylic oxidation sites excluding steroid dienone is 5. The molecule has 31 heavy (non-hydrogen) atoms. The second-order valence-corrected chi connectivity index (χ2v) is 7.86. The first-order chi connectivity index (χ1) is 15.3. The van der Waals surface area contributed by atoms with E-state index in [9.17, 15) is 0 Å². The lowest BCUT2D eigenvalue weighted by Crippen LogP contribution is -2.29. The SMILES string of the molecule is C=C/C=C\C(=C/C)c1ccc2[nH]nc(-c3nc4c(N5CCCCC5)cncc4[nH]3)c2c1. The lowest BCUT2D eigenvalue weighted by atomic mass is 10.0. The van der Waals surface area contributed by atoms with E-state index < -0.39 is 0 Å². The monoisotopic (exact) mass is 410 g/mol. The van der Waals surface area contributed by atoms with E-state index in [1.54, 1.807) is 6.08 Å². The van der Waals surface area contributed by atoms with Gasteiger partial charge in [-0.2, -0.15) is 5.10 Å². The van der Waals surface area contributed by atoms with E-state index in [2.05, 4.69) is 62.0 Å². The average Bonchev–Trinajstić information content (AvgIpc) is 3.43. The number of aromatic nitrogens is 5. The molecule has 6 heteroatoms. The summed E-state index contributed by atoms with van der Waals surface area (Å²) in [6, 6.07) is 6.33. The Hall–Kier alpha value is -3.67. The van der Waals surface area contributed by atoms with Gasteiger partial charge < -0.3 is 9.88 Å². The Bertz CT molecular complexity index is 1300. The van der Waals surface area contributed by atoms with E-state index in [0.29, 0.717) is 0 Å². The van der Waals surface area contributed by atoms with Crippen LogP contribution in [-0.4, -0.2) is 38.2 Å². The van der Waals surface area contributed by atoms with E-state index in [1.165, 1.54) is 19.3 Å². The summed E-state index contributed by atoms with van der Waals surface area (Å²) >= 11 is 0. The van der Waals surface area contributed by atoms with Crippen molar-refractivity contribution in [3.05, 3.63) is 67.0 Å². The molecule has 3 aromatic heterocycles. The highest BCUT2D eigenvalue weighted by Gasteiger charge is 2.19. The van der Waals surface area contributed by atoms with E-state index >= 15 is 0 Å². The molecule has 0 atom stereocenters. The highest BCUT2D eigenvalue weighted by molar-refractivity contribution is 5.97. The zero-order valence-corrected chi connectivity index (χ0v) is 17.7. The number of hydrogen-bond acceptors (Lipinski definition) is 4. The minimum Gasteiger partial charge on any atom is -0.368 e. The average molecular weight is 411 g/mol. The number of pyridine rings is 1. The molecule has 4 aromatic rings. The molecular weight excluding hydrogens is 384 g/mol. The zero-order valence-electron chi connectivity index (χ0n) is 17.7. The summed E-state index contributed by atoms with van der Waals surface area (Å²) in [6.45, 7) is 7.92. The highest BCUT2D eigenvalue weighted by atomic mass is 15.2. The number of fused-ring (bicyclic) bond motifs is 2. The Morgan fingerprint density at radius 2 is 2.00 bits per heavy atom. The van der Waals surface area contributed by atoms with Crippen LogP contribution in [0.1, 0.15) is 31.7 Å². The molecule has 1 aromatic carbocycles. The standard InChI is InChI=1S/C25H26N6/c1-3-5-9-17(4-2)18-10-11-20-19(14-18)23(30-29-20)25-27-21-15-26-16-22(24(21)28-25)31-12-7-6-8-13-31/h3-5,9-11,14-16H,1,6-8,12-13H2,2H3,(H,27,28)(H,29,30)/b9-5-,17-4+. The molecule has 0 saturated carbocycles. The molecule has 0 amide bonds. The topological polar surface area (TPSA) is 73.5 Å². The third-order valence-corrected chi connectivity index (χ3v) is 5.91. The summed E-state index contributed by atoms with van der Waals surface area (Å²) in [4.78, 5) is 15.3. The number of hydrogen-bond donors (Lipinski definition) is 2. The van der Waals surface area contributed by atoms with Crippen LogP contribution in [-0.2, 0) is 0 Å². The first kappa shape index (κ1) is 19.3. The maximum absolute atomic E-state index is 4.96. The summed E-state index contributed by atoms with van der Waals surface area (Å²) in [5, 5.41) is 8.77. The van der Waals surface area contributed by atoms with Crippen molar-refractivity contribution in [1.82, 2.24) is 25.1 Å². The first-order valence-corrected chi connectivity index (χ1v) is 10.8. The maximum atomic E-state index is 4.96. The van der Waals surface area contributed by atoms with Crippen molar-refractivity contribution in [2.24, 2.45) is 0 Å². The Balaban J connectivity index is 1.60. The molecule has 0 bridgehead atoms. The smallest absolute Gasteiger partial charge is 0.159 e. The molecule has 0 spiro atoms. The van der Waals surface area contributed by atoms with E-state index in [4.69, 9.17) is 4.98 Å². The number of imidazole rings is 1. The van der Waals surface area contributed by atoms with Gasteiger partial charge in [-0.3, -0.25) is 10.1 Å². The van der Waals surface area contributed by atoms with Gasteiger partial charge in [0.15, 0.2) is 5.82 Å². The molecule has 156 valence electrons. The van der Waals surface area contributed by atoms with Gasteiger partial charge in [-0.05, 0) is 49.5 Å². The second-order valence-electron chi connectivity index (χ2n) is 7.86. The molecule has 0 aliphatic carbocycles. The molecule has 4 heterocycles. The number of H-pyrrole nitrogens is 2. The van der Waals surface area contributed by atoms with Crippen LogP contribution in [0.4, 0.5) is 5.69 Å². The number of nitrogens with one attached hydrogen (secondary N) is 2. The van der Waals surface area contributed by atoms with Gasteiger partial charge in [0, 0.05) is 18.5 Å². The Morgan fingerprint density at radius 3 is 2.81 bits per heavy atom. The molecule has 2 N–H and O–H groups in total. The summed E-state index contributed by atoms with van der Waals surface area (Å²) in [5.74, 6) is 0.758. The zero-order chi connectivity index (χ0) is 21.2. The minimum absolute atomic E-state index is 0.758. The highest BCUT2D eigenvalue weighted by Crippen LogP contribution is 2.32. The Labute approximate surface area is 181 Å². The van der Waals surface area contributed by atoms with E-state index in [1.807, 2.05) is 25.4 Å². The molecule has 1 aliphatic rings. The Kier molecular flexibility index (Phi) is 5.12. The van der Waals surface area contributed by atoms with E-state index in [0.717, 1.165) is 63.4 Å². The fraction of sp³-hybridized carbons (Fsp3) is 0.240. The van der Waals surface area contributed by atoms with Crippen molar-refractivity contribution < 1.29 is 0 Å². The lowest BCUT2D eigenvalue weighted by Gasteiger charge is -2.28. The van der Waals surface area contributed by atoms with Gasteiger partial charge in [0.1, 0.15) is 11.2 Å². The van der Waals surface area contributed by atoms with Crippen molar-refractivity contribution in [1.29, 1.82) is 0 Å². The lowest BCUT2D eigenvalue weighted by molar-refractivity contribution is 0.578. The molecule has 0 radical (unpaired) electrons. The van der Waals surface area contributed by atoms with Gasteiger partial charge in [-0.1, -0.05) is 36.9 Å². The van der Waals surface area contributed by atoms with E-state index in [-0.39, 0.29) is 0 Å². The van der Waals surface area contributed by atoms with Crippen LogP contribution in [0.2, 0.25) is 0 Å². The summed E-state index contributed by atoms with van der Waals surface area (Å²) < 4.78 is 0. The molecule has 1 fully saturated rings. The third kappa shape index (κ3) is 3.54. The number of aromatic amines is 2. The predicted octanol–water partition coefficient (Wildman–Crippen LogP) is 5.64. The van der Waals surface area contributed by atoms with Crippen LogP contribution in [0.25, 0.3) is 39.0 Å². The van der Waals surface area contributed by atoms with Crippen LogP contribution in [0, 0.1) is 0 Å². The predicted molar refractivity (Wildman–Crippen MR) is 128 cm³/mol. The van der Waals surface area contributed by atoms with Crippen LogP contribution in [0.3, 0.4) is 0 Å². The van der Waals surface area contributed by atoms with Gasteiger partial charge in [0.2, 0.25) is 0 Å². The van der Waals surface area contributed by atoms with Gasteiger partial charge in [-0.25, -0.2) is 4.98 Å². The van der Waals surface area contributed by atoms with Gasteiger partial charge >= 0.3 is 0 Å². The van der Waals surface area contributed by atoms with Crippen LogP contribution < -0.4 is 4.90 Å². The largest absolute Gasteiger partial charge is 0.368 e. The van der Waals surface area contributed by atoms with Crippen molar-refractivity contribution >= 4 is 33.2 Å². The van der Waals surface area contributed by atoms with Crippen molar-refractivity contribution in [2.75, 3.05) is 18.0 Å². The van der Waals surface area contributed by atoms with Gasteiger partial charge in [0.05, 0.1) is 29.1 Å². The fourth-order valence-electron chi connectivity index (χ4n) is 4.30.